The summed E-state index contributed by atoms with van der Waals surface area (Å²) in [7, 11) is 0. The summed E-state index contributed by atoms with van der Waals surface area (Å²) in [5.41, 5.74) is 6.48. The Hall–Kier alpha value is -3.27. The van der Waals surface area contributed by atoms with Gasteiger partial charge in [0.1, 0.15) is 0 Å². The Labute approximate surface area is 175 Å². The number of terminal acetylenes is 1. The molecule has 0 fully saturated rings. The fraction of sp³-hybridized carbons (Fsp3) is 0.435. The van der Waals surface area contributed by atoms with Gasteiger partial charge in [-0.2, -0.15) is 5.10 Å². The number of nitrogens with one attached hydrogen (secondary N) is 1. The molecule has 2 aromatic rings. The SMILES string of the molecule is C#Cc1cnn(CC(OC(=O)Nc2c3c(cc4c2CCC4)CCC3)C(=O)OCC)c1. The average molecular weight is 407 g/mol. The minimum absolute atomic E-state index is 0.0267. The van der Waals surface area contributed by atoms with E-state index in [9.17, 15) is 9.59 Å². The van der Waals surface area contributed by atoms with Crippen LogP contribution in [0.1, 0.15) is 47.6 Å². The summed E-state index contributed by atoms with van der Waals surface area (Å²) >= 11 is 0. The zero-order valence-corrected chi connectivity index (χ0v) is 17.1. The lowest BCUT2D eigenvalue weighted by atomic mass is 9.99. The molecule has 7 heteroatoms. The molecule has 1 aromatic carbocycles. The molecule has 0 saturated carbocycles. The summed E-state index contributed by atoms with van der Waals surface area (Å²) in [6, 6.07) is 2.30. The van der Waals surface area contributed by atoms with Crippen molar-refractivity contribution in [2.45, 2.75) is 58.1 Å². The molecule has 2 aliphatic rings. The number of rotatable bonds is 6. The van der Waals surface area contributed by atoms with E-state index in [-0.39, 0.29) is 13.2 Å². The minimum Gasteiger partial charge on any atom is -0.463 e. The van der Waals surface area contributed by atoms with Crippen LogP contribution in [0.25, 0.3) is 0 Å². The number of carbonyl (C=O) groups is 2. The summed E-state index contributed by atoms with van der Waals surface area (Å²) in [5.74, 6) is 1.86. The summed E-state index contributed by atoms with van der Waals surface area (Å²) in [4.78, 5) is 25.2. The topological polar surface area (TPSA) is 82.5 Å². The van der Waals surface area contributed by atoms with Crippen molar-refractivity contribution in [1.82, 2.24) is 9.78 Å². The molecular weight excluding hydrogens is 382 g/mol. The molecule has 0 aliphatic heterocycles. The van der Waals surface area contributed by atoms with Crippen molar-refractivity contribution >= 4 is 17.7 Å². The average Bonchev–Trinajstić information content (AvgIpc) is 3.47. The van der Waals surface area contributed by atoms with E-state index in [4.69, 9.17) is 15.9 Å². The number of ether oxygens (including phenoxy) is 2. The van der Waals surface area contributed by atoms with Crippen LogP contribution in [0.4, 0.5) is 10.5 Å². The minimum atomic E-state index is -1.12. The van der Waals surface area contributed by atoms with Gasteiger partial charge in [0, 0.05) is 6.20 Å². The highest BCUT2D eigenvalue weighted by Crippen LogP contribution is 2.38. The summed E-state index contributed by atoms with van der Waals surface area (Å²) in [5, 5.41) is 7.05. The first-order chi connectivity index (χ1) is 14.6. The quantitative estimate of drug-likeness (QED) is 0.588. The van der Waals surface area contributed by atoms with Crippen LogP contribution < -0.4 is 5.32 Å². The maximum Gasteiger partial charge on any atom is 0.412 e. The van der Waals surface area contributed by atoms with E-state index in [1.54, 1.807) is 13.1 Å². The predicted molar refractivity (Wildman–Crippen MR) is 111 cm³/mol. The standard InChI is InChI=1S/C23H25N3O4/c1-3-15-12-24-26(13-15)14-20(22(27)29-4-2)30-23(28)25-21-18-9-5-7-16(18)11-17-8-6-10-19(17)21/h1,11-13,20H,4-10,14H2,2H3,(H,25,28). The van der Waals surface area contributed by atoms with E-state index >= 15 is 0 Å². The number of hydrogen-bond donors (Lipinski definition) is 1. The van der Waals surface area contributed by atoms with Gasteiger partial charge in [-0.15, -0.1) is 6.42 Å². The Kier molecular flexibility index (Phi) is 5.75. The second kappa shape index (κ2) is 8.62. The van der Waals surface area contributed by atoms with Gasteiger partial charge in [-0.25, -0.2) is 9.59 Å². The molecule has 1 aromatic heterocycles. The molecule has 1 atom stereocenters. The molecule has 1 amide bonds. The van der Waals surface area contributed by atoms with Crippen LogP contribution in [0.5, 0.6) is 0 Å². The fourth-order valence-corrected chi connectivity index (χ4v) is 4.33. The molecule has 0 radical (unpaired) electrons. The summed E-state index contributed by atoms with van der Waals surface area (Å²) in [6.45, 7) is 1.92. The number of fused-ring (bicyclic) bond motifs is 2. The first kappa shape index (κ1) is 20.0. The maximum atomic E-state index is 12.8. The molecule has 2 aliphatic carbocycles. The zero-order valence-electron chi connectivity index (χ0n) is 17.1. The van der Waals surface area contributed by atoms with Gasteiger partial charge >= 0.3 is 12.1 Å². The molecule has 30 heavy (non-hydrogen) atoms. The van der Waals surface area contributed by atoms with Gasteiger partial charge in [0.05, 0.1) is 30.6 Å². The molecular formula is C23H25N3O4. The summed E-state index contributed by atoms with van der Waals surface area (Å²) in [6.07, 6.45) is 12.9. The third-order valence-electron chi connectivity index (χ3n) is 5.65. The van der Waals surface area contributed by atoms with Crippen molar-refractivity contribution in [3.8, 4) is 12.3 Å². The number of hydrogen-bond acceptors (Lipinski definition) is 5. The van der Waals surface area contributed by atoms with Crippen LogP contribution in [-0.2, 0) is 46.5 Å². The number of aromatic nitrogens is 2. The van der Waals surface area contributed by atoms with Crippen molar-refractivity contribution < 1.29 is 19.1 Å². The number of anilines is 1. The number of benzene rings is 1. The highest BCUT2D eigenvalue weighted by atomic mass is 16.6. The van der Waals surface area contributed by atoms with E-state index in [0.717, 1.165) is 44.2 Å². The van der Waals surface area contributed by atoms with Crippen molar-refractivity contribution in [1.29, 1.82) is 0 Å². The molecule has 7 nitrogen and oxygen atoms in total. The van der Waals surface area contributed by atoms with Crippen molar-refractivity contribution in [3.05, 3.63) is 46.3 Å². The smallest absolute Gasteiger partial charge is 0.412 e. The molecule has 0 bridgehead atoms. The van der Waals surface area contributed by atoms with Gasteiger partial charge in [0.2, 0.25) is 6.10 Å². The van der Waals surface area contributed by atoms with E-state index in [2.05, 4.69) is 22.4 Å². The van der Waals surface area contributed by atoms with E-state index in [1.807, 2.05) is 0 Å². The van der Waals surface area contributed by atoms with E-state index < -0.39 is 18.2 Å². The Morgan fingerprint density at radius 1 is 1.23 bits per heavy atom. The Balaban J connectivity index is 1.52. The van der Waals surface area contributed by atoms with Crippen LogP contribution >= 0.6 is 0 Å². The molecule has 1 heterocycles. The Morgan fingerprint density at radius 3 is 2.53 bits per heavy atom. The fourth-order valence-electron chi connectivity index (χ4n) is 4.33. The van der Waals surface area contributed by atoms with Gasteiger partial charge in [-0.05, 0) is 67.7 Å². The Morgan fingerprint density at radius 2 is 1.93 bits per heavy atom. The van der Waals surface area contributed by atoms with Gasteiger partial charge < -0.3 is 9.47 Å². The molecule has 0 saturated heterocycles. The van der Waals surface area contributed by atoms with Gasteiger partial charge in [-0.3, -0.25) is 10.00 Å². The number of amides is 1. The second-order valence-electron chi connectivity index (χ2n) is 7.60. The summed E-state index contributed by atoms with van der Waals surface area (Å²) < 4.78 is 12.1. The molecule has 0 spiro atoms. The first-order valence-corrected chi connectivity index (χ1v) is 10.4. The predicted octanol–water partition coefficient (Wildman–Crippen LogP) is 3.02. The van der Waals surface area contributed by atoms with Gasteiger partial charge in [0.25, 0.3) is 0 Å². The lowest BCUT2D eigenvalue weighted by molar-refractivity contribution is -0.153. The van der Waals surface area contributed by atoms with Crippen LogP contribution in [0.2, 0.25) is 0 Å². The number of esters is 1. The van der Waals surface area contributed by atoms with Crippen LogP contribution in [0.15, 0.2) is 18.5 Å². The van der Waals surface area contributed by atoms with Gasteiger partial charge in [0.15, 0.2) is 0 Å². The monoisotopic (exact) mass is 407 g/mol. The maximum absolute atomic E-state index is 12.8. The lowest BCUT2D eigenvalue weighted by Crippen LogP contribution is -2.35. The third kappa shape index (κ3) is 4.04. The van der Waals surface area contributed by atoms with Crippen LogP contribution in [0, 0.1) is 12.3 Å². The second-order valence-corrected chi connectivity index (χ2v) is 7.60. The van der Waals surface area contributed by atoms with Crippen LogP contribution in [-0.4, -0.2) is 34.6 Å². The zero-order chi connectivity index (χ0) is 21.1. The number of aryl methyl sites for hydroxylation is 2. The molecule has 156 valence electrons. The Bertz CT molecular complexity index is 986. The first-order valence-electron chi connectivity index (χ1n) is 10.4. The highest BCUT2D eigenvalue weighted by Gasteiger charge is 2.29. The third-order valence-corrected chi connectivity index (χ3v) is 5.65. The molecule has 1 N–H and O–H groups in total. The molecule has 4 rings (SSSR count). The van der Waals surface area contributed by atoms with Crippen molar-refractivity contribution in [3.63, 3.8) is 0 Å². The van der Waals surface area contributed by atoms with Crippen molar-refractivity contribution in [2.24, 2.45) is 0 Å². The number of nitrogens with zero attached hydrogens (tertiary/aromatic N) is 2. The number of carbonyl (C=O) groups excluding carboxylic acids is 2. The molecule has 1 unspecified atom stereocenters. The normalized spacial score (nSPS) is 15.1. The lowest BCUT2D eigenvalue weighted by Gasteiger charge is -2.19. The van der Waals surface area contributed by atoms with Gasteiger partial charge in [-0.1, -0.05) is 12.0 Å². The van der Waals surface area contributed by atoms with Crippen LogP contribution in [0.3, 0.4) is 0 Å². The largest absolute Gasteiger partial charge is 0.463 e. The van der Waals surface area contributed by atoms with Crippen molar-refractivity contribution in [2.75, 3.05) is 11.9 Å². The van der Waals surface area contributed by atoms with E-state index in [0.29, 0.717) is 5.56 Å². The highest BCUT2D eigenvalue weighted by molar-refractivity contribution is 5.90. The van der Waals surface area contributed by atoms with E-state index in [1.165, 1.54) is 33.1 Å².